The molecule has 1 aliphatic rings. The van der Waals surface area contributed by atoms with E-state index in [0.717, 1.165) is 6.07 Å². The lowest BCUT2D eigenvalue weighted by molar-refractivity contribution is -0.286. The third-order valence-corrected chi connectivity index (χ3v) is 2.22. The van der Waals surface area contributed by atoms with E-state index in [9.17, 15) is 13.6 Å². The van der Waals surface area contributed by atoms with Gasteiger partial charge >= 0.3 is 12.3 Å². The second-order valence-corrected chi connectivity index (χ2v) is 3.46. The molecule has 0 saturated heterocycles. The number of benzene rings is 1. The molecule has 0 aromatic heterocycles. The average molecular weight is 245 g/mol. The van der Waals surface area contributed by atoms with Gasteiger partial charge < -0.3 is 19.9 Å². The highest BCUT2D eigenvalue weighted by molar-refractivity contribution is 5.90. The third-order valence-electron chi connectivity index (χ3n) is 2.22. The second-order valence-electron chi connectivity index (χ2n) is 3.46. The van der Waals surface area contributed by atoms with E-state index >= 15 is 0 Å². The highest BCUT2D eigenvalue weighted by Gasteiger charge is 2.44. The van der Waals surface area contributed by atoms with Crippen molar-refractivity contribution in [2.75, 3.05) is 7.05 Å². The second kappa shape index (κ2) is 3.85. The summed E-state index contributed by atoms with van der Waals surface area (Å²) in [6.45, 7) is 0.226. The molecular weight excluding hydrogens is 236 g/mol. The van der Waals surface area contributed by atoms with Crippen LogP contribution in [0.4, 0.5) is 8.78 Å². The zero-order valence-corrected chi connectivity index (χ0v) is 8.79. The standard InChI is InChI=1S/C10H9F2NO4/c1-13-4-5-2-7-8(3-6(5)9(14)15)17-10(11,12)16-7/h2-3,13H,4H2,1H3,(H,14,15). The van der Waals surface area contributed by atoms with Gasteiger partial charge in [-0.3, -0.25) is 0 Å². The molecular formula is C10H9F2NO4. The average Bonchev–Trinajstić information content (AvgIpc) is 2.50. The Hall–Kier alpha value is -1.89. The largest absolute Gasteiger partial charge is 0.586 e. The van der Waals surface area contributed by atoms with Crippen LogP contribution < -0.4 is 14.8 Å². The quantitative estimate of drug-likeness (QED) is 0.843. The molecule has 2 rings (SSSR count). The summed E-state index contributed by atoms with van der Waals surface area (Å²) < 4.78 is 34.0. The van der Waals surface area contributed by atoms with Crippen molar-refractivity contribution in [3.05, 3.63) is 23.3 Å². The fourth-order valence-corrected chi connectivity index (χ4v) is 1.57. The summed E-state index contributed by atoms with van der Waals surface area (Å²) in [6, 6.07) is 2.27. The van der Waals surface area contributed by atoms with Crippen LogP contribution in [0.1, 0.15) is 15.9 Å². The van der Waals surface area contributed by atoms with Gasteiger partial charge in [0.25, 0.3) is 0 Å². The van der Waals surface area contributed by atoms with Crippen LogP contribution in [-0.2, 0) is 6.54 Å². The molecule has 0 unspecified atom stereocenters. The molecule has 1 aliphatic heterocycles. The minimum absolute atomic E-state index is 0.0978. The molecule has 1 aromatic rings. The number of nitrogens with one attached hydrogen (secondary N) is 1. The molecule has 0 atom stereocenters. The smallest absolute Gasteiger partial charge is 0.478 e. The zero-order valence-electron chi connectivity index (χ0n) is 8.79. The molecule has 0 saturated carbocycles. The van der Waals surface area contributed by atoms with Gasteiger partial charge in [-0.2, -0.15) is 0 Å². The Morgan fingerprint density at radius 1 is 1.41 bits per heavy atom. The van der Waals surface area contributed by atoms with Gasteiger partial charge in [-0.1, -0.05) is 0 Å². The summed E-state index contributed by atoms with van der Waals surface area (Å²) in [6.07, 6.45) is -3.74. The summed E-state index contributed by atoms with van der Waals surface area (Å²) in [5, 5.41) is 11.7. The maximum Gasteiger partial charge on any atom is 0.586 e. The van der Waals surface area contributed by atoms with E-state index in [2.05, 4.69) is 14.8 Å². The van der Waals surface area contributed by atoms with Crippen LogP contribution in [0.15, 0.2) is 12.1 Å². The number of ether oxygens (including phenoxy) is 2. The number of hydrogen-bond donors (Lipinski definition) is 2. The van der Waals surface area contributed by atoms with E-state index < -0.39 is 12.3 Å². The maximum absolute atomic E-state index is 12.8. The van der Waals surface area contributed by atoms with E-state index in [4.69, 9.17) is 5.11 Å². The highest BCUT2D eigenvalue weighted by atomic mass is 19.3. The summed E-state index contributed by atoms with van der Waals surface area (Å²) in [7, 11) is 1.62. The summed E-state index contributed by atoms with van der Waals surface area (Å²) >= 11 is 0. The van der Waals surface area contributed by atoms with Crippen molar-refractivity contribution in [2.24, 2.45) is 0 Å². The Kier molecular flexibility index (Phi) is 2.62. The van der Waals surface area contributed by atoms with Crippen LogP contribution in [0, 0.1) is 0 Å². The first-order chi connectivity index (χ1) is 7.93. The first-order valence-corrected chi connectivity index (χ1v) is 4.73. The van der Waals surface area contributed by atoms with E-state index in [0.29, 0.717) is 5.56 Å². The molecule has 1 aromatic carbocycles. The van der Waals surface area contributed by atoms with Crippen LogP contribution >= 0.6 is 0 Å². The van der Waals surface area contributed by atoms with E-state index in [1.54, 1.807) is 7.05 Å². The van der Waals surface area contributed by atoms with Crippen LogP contribution in [0.5, 0.6) is 11.5 Å². The molecule has 17 heavy (non-hydrogen) atoms. The van der Waals surface area contributed by atoms with Gasteiger partial charge in [0.15, 0.2) is 11.5 Å². The molecule has 92 valence electrons. The number of carboxylic acids is 1. The van der Waals surface area contributed by atoms with Gasteiger partial charge in [0.1, 0.15) is 0 Å². The van der Waals surface area contributed by atoms with Crippen LogP contribution in [0.3, 0.4) is 0 Å². The Morgan fingerprint density at radius 3 is 2.53 bits per heavy atom. The Bertz CT molecular complexity index is 476. The molecule has 0 amide bonds. The lowest BCUT2D eigenvalue weighted by Crippen LogP contribution is -2.25. The predicted octanol–water partition coefficient (Wildman–Crippen LogP) is 1.43. The number of fused-ring (bicyclic) bond motifs is 1. The normalized spacial score (nSPS) is 15.9. The topological polar surface area (TPSA) is 67.8 Å². The zero-order chi connectivity index (χ0) is 12.6. The van der Waals surface area contributed by atoms with Crippen molar-refractivity contribution in [2.45, 2.75) is 12.8 Å². The predicted molar refractivity (Wildman–Crippen MR) is 52.4 cm³/mol. The van der Waals surface area contributed by atoms with Gasteiger partial charge in [0.2, 0.25) is 0 Å². The Balaban J connectivity index is 2.46. The van der Waals surface area contributed by atoms with Crippen molar-refractivity contribution in [3.8, 4) is 11.5 Å². The lowest BCUT2D eigenvalue weighted by Gasteiger charge is -2.06. The third kappa shape index (κ3) is 2.14. The van der Waals surface area contributed by atoms with Gasteiger partial charge in [-0.25, -0.2) is 4.79 Å². The number of aromatic carboxylic acids is 1. The first kappa shape index (κ1) is 11.6. The molecule has 0 spiro atoms. The van der Waals surface area contributed by atoms with Crippen molar-refractivity contribution >= 4 is 5.97 Å². The Morgan fingerprint density at radius 2 is 2.00 bits per heavy atom. The molecule has 5 nitrogen and oxygen atoms in total. The van der Waals surface area contributed by atoms with Gasteiger partial charge in [-0.15, -0.1) is 8.78 Å². The summed E-state index contributed by atoms with van der Waals surface area (Å²) in [5.41, 5.74) is 0.249. The van der Waals surface area contributed by atoms with Gasteiger partial charge in [-0.05, 0) is 24.7 Å². The van der Waals surface area contributed by atoms with Crippen LogP contribution in [-0.4, -0.2) is 24.4 Å². The van der Waals surface area contributed by atoms with Crippen molar-refractivity contribution in [1.82, 2.24) is 5.32 Å². The number of halogens is 2. The van der Waals surface area contributed by atoms with Crippen LogP contribution in [0.25, 0.3) is 0 Å². The SMILES string of the molecule is CNCc1cc2c(cc1C(=O)O)OC(F)(F)O2. The molecule has 0 aliphatic carbocycles. The molecule has 1 heterocycles. The monoisotopic (exact) mass is 245 g/mol. The van der Waals surface area contributed by atoms with Crippen molar-refractivity contribution in [1.29, 1.82) is 0 Å². The van der Waals surface area contributed by atoms with E-state index in [-0.39, 0.29) is 23.6 Å². The van der Waals surface area contributed by atoms with Crippen LogP contribution in [0.2, 0.25) is 0 Å². The fraction of sp³-hybridized carbons (Fsp3) is 0.300. The molecule has 0 fully saturated rings. The minimum Gasteiger partial charge on any atom is -0.478 e. The summed E-state index contributed by atoms with van der Waals surface area (Å²) in [4.78, 5) is 10.9. The van der Waals surface area contributed by atoms with Gasteiger partial charge in [0, 0.05) is 6.54 Å². The van der Waals surface area contributed by atoms with Crippen molar-refractivity contribution in [3.63, 3.8) is 0 Å². The summed E-state index contributed by atoms with van der Waals surface area (Å²) in [5.74, 6) is -1.64. The molecule has 0 bridgehead atoms. The first-order valence-electron chi connectivity index (χ1n) is 4.73. The number of carboxylic acid groups (broad SMARTS) is 1. The highest BCUT2D eigenvalue weighted by Crippen LogP contribution is 2.42. The van der Waals surface area contributed by atoms with Gasteiger partial charge in [0.05, 0.1) is 5.56 Å². The van der Waals surface area contributed by atoms with E-state index in [1.807, 2.05) is 0 Å². The lowest BCUT2D eigenvalue weighted by atomic mass is 10.1. The number of alkyl halides is 2. The maximum atomic E-state index is 12.8. The molecule has 0 radical (unpaired) electrons. The number of rotatable bonds is 3. The minimum atomic E-state index is -3.74. The number of carbonyl (C=O) groups is 1. The molecule has 2 N–H and O–H groups in total. The molecule has 7 heteroatoms. The number of hydrogen-bond acceptors (Lipinski definition) is 4. The van der Waals surface area contributed by atoms with E-state index in [1.165, 1.54) is 6.07 Å². The fourth-order valence-electron chi connectivity index (χ4n) is 1.57. The van der Waals surface area contributed by atoms with Crippen molar-refractivity contribution < 1.29 is 28.2 Å². The Labute approximate surface area is 94.9 Å².